The van der Waals surface area contributed by atoms with Crippen molar-refractivity contribution in [1.29, 1.82) is 0 Å². The summed E-state index contributed by atoms with van der Waals surface area (Å²) in [6, 6.07) is 7.15. The molecule has 0 amide bonds. The van der Waals surface area contributed by atoms with Crippen molar-refractivity contribution in [2.75, 3.05) is 18.5 Å². The average molecular weight is 327 g/mol. The zero-order chi connectivity index (χ0) is 14.4. The standard InChI is InChI=1S/C16H27BrN2/c1-12(2)8-9-19(5)15-7-6-14(16(17)10-15)11-18-13(3)4/h6-7,10,12-13,18H,8-9,11H2,1-5H3. The maximum absolute atomic E-state index is 3.68. The Bertz CT molecular complexity index is 388. The van der Waals surface area contributed by atoms with E-state index in [1.54, 1.807) is 0 Å². The van der Waals surface area contributed by atoms with Crippen molar-refractivity contribution in [3.63, 3.8) is 0 Å². The van der Waals surface area contributed by atoms with Gasteiger partial charge in [0.1, 0.15) is 0 Å². The Labute approximate surface area is 126 Å². The summed E-state index contributed by atoms with van der Waals surface area (Å²) in [5.41, 5.74) is 2.59. The zero-order valence-electron chi connectivity index (χ0n) is 12.8. The van der Waals surface area contributed by atoms with Crippen molar-refractivity contribution in [1.82, 2.24) is 5.32 Å². The fourth-order valence-corrected chi connectivity index (χ4v) is 2.32. The number of anilines is 1. The Balaban J connectivity index is 2.65. The quantitative estimate of drug-likeness (QED) is 0.797. The molecule has 0 aliphatic heterocycles. The van der Waals surface area contributed by atoms with Crippen LogP contribution in [-0.2, 0) is 6.54 Å². The number of rotatable bonds is 7. The number of halogens is 1. The van der Waals surface area contributed by atoms with Crippen LogP contribution < -0.4 is 10.2 Å². The highest BCUT2D eigenvalue weighted by Crippen LogP contribution is 2.24. The second-order valence-corrected chi connectivity index (χ2v) is 6.77. The molecule has 0 saturated heterocycles. The molecule has 1 N–H and O–H groups in total. The summed E-state index contributed by atoms with van der Waals surface area (Å²) in [6.45, 7) is 10.9. The van der Waals surface area contributed by atoms with Crippen LogP contribution in [-0.4, -0.2) is 19.6 Å². The van der Waals surface area contributed by atoms with Gasteiger partial charge in [-0.3, -0.25) is 0 Å². The molecule has 2 nitrogen and oxygen atoms in total. The number of nitrogens with zero attached hydrogens (tertiary/aromatic N) is 1. The first kappa shape index (κ1) is 16.5. The molecule has 0 aromatic heterocycles. The molecule has 0 fully saturated rings. The van der Waals surface area contributed by atoms with Gasteiger partial charge in [0.25, 0.3) is 0 Å². The van der Waals surface area contributed by atoms with Crippen LogP contribution in [0.2, 0.25) is 0 Å². The summed E-state index contributed by atoms with van der Waals surface area (Å²) in [5, 5.41) is 3.45. The van der Waals surface area contributed by atoms with Crippen LogP contribution >= 0.6 is 15.9 Å². The molecule has 108 valence electrons. The SMILES string of the molecule is CC(C)CCN(C)c1ccc(CNC(C)C)c(Br)c1. The molecule has 0 heterocycles. The van der Waals surface area contributed by atoms with Gasteiger partial charge in [0.05, 0.1) is 0 Å². The van der Waals surface area contributed by atoms with Crippen molar-refractivity contribution in [2.45, 2.75) is 46.7 Å². The predicted octanol–water partition coefficient (Wildman–Crippen LogP) is 4.43. The van der Waals surface area contributed by atoms with E-state index < -0.39 is 0 Å². The van der Waals surface area contributed by atoms with E-state index in [0.29, 0.717) is 6.04 Å². The van der Waals surface area contributed by atoms with Crippen LogP contribution in [0.4, 0.5) is 5.69 Å². The molecule has 1 aromatic carbocycles. The van der Waals surface area contributed by atoms with Crippen LogP contribution in [0.1, 0.15) is 39.7 Å². The molecule has 0 bridgehead atoms. The summed E-state index contributed by atoms with van der Waals surface area (Å²) in [4.78, 5) is 2.32. The van der Waals surface area contributed by atoms with E-state index in [2.05, 4.69) is 79.1 Å². The summed E-state index contributed by atoms with van der Waals surface area (Å²) in [6.07, 6.45) is 1.23. The summed E-state index contributed by atoms with van der Waals surface area (Å²) in [5.74, 6) is 0.750. The molecule has 19 heavy (non-hydrogen) atoms. The first-order valence-electron chi connectivity index (χ1n) is 7.13. The van der Waals surface area contributed by atoms with Crippen molar-refractivity contribution >= 4 is 21.6 Å². The molecule has 0 atom stereocenters. The zero-order valence-corrected chi connectivity index (χ0v) is 14.4. The molecule has 1 rings (SSSR count). The van der Waals surface area contributed by atoms with E-state index in [1.807, 2.05) is 0 Å². The van der Waals surface area contributed by atoms with Gasteiger partial charge < -0.3 is 10.2 Å². The molecule has 1 aromatic rings. The molecule has 0 unspecified atom stereocenters. The lowest BCUT2D eigenvalue weighted by Gasteiger charge is -2.21. The second-order valence-electron chi connectivity index (χ2n) is 5.92. The average Bonchev–Trinajstić information content (AvgIpc) is 2.34. The van der Waals surface area contributed by atoms with Crippen molar-refractivity contribution in [3.05, 3.63) is 28.2 Å². The van der Waals surface area contributed by atoms with Gasteiger partial charge in [-0.25, -0.2) is 0 Å². The van der Waals surface area contributed by atoms with Gasteiger partial charge in [-0.15, -0.1) is 0 Å². The van der Waals surface area contributed by atoms with Crippen molar-refractivity contribution < 1.29 is 0 Å². The third kappa shape index (κ3) is 5.96. The van der Waals surface area contributed by atoms with E-state index >= 15 is 0 Å². The molecular formula is C16H27BrN2. The number of benzene rings is 1. The van der Waals surface area contributed by atoms with Crippen LogP contribution in [0.3, 0.4) is 0 Å². The lowest BCUT2D eigenvalue weighted by Crippen LogP contribution is -2.22. The van der Waals surface area contributed by atoms with Crippen LogP contribution in [0.15, 0.2) is 22.7 Å². The third-order valence-corrected chi connectivity index (χ3v) is 3.96. The van der Waals surface area contributed by atoms with Gasteiger partial charge >= 0.3 is 0 Å². The summed E-state index contributed by atoms with van der Waals surface area (Å²) in [7, 11) is 2.16. The van der Waals surface area contributed by atoms with E-state index in [4.69, 9.17) is 0 Å². The number of hydrogen-bond acceptors (Lipinski definition) is 2. The molecule has 3 heteroatoms. The van der Waals surface area contributed by atoms with Crippen LogP contribution in [0.5, 0.6) is 0 Å². The molecule has 0 saturated carbocycles. The molecular weight excluding hydrogens is 300 g/mol. The maximum Gasteiger partial charge on any atom is 0.0375 e. The van der Waals surface area contributed by atoms with E-state index in [1.165, 1.54) is 22.1 Å². The highest BCUT2D eigenvalue weighted by molar-refractivity contribution is 9.10. The largest absolute Gasteiger partial charge is 0.375 e. The van der Waals surface area contributed by atoms with E-state index in [9.17, 15) is 0 Å². The molecule has 0 radical (unpaired) electrons. The summed E-state index contributed by atoms with van der Waals surface area (Å²) < 4.78 is 1.19. The fourth-order valence-electron chi connectivity index (χ4n) is 1.81. The van der Waals surface area contributed by atoms with Gasteiger partial charge in [0.2, 0.25) is 0 Å². The highest BCUT2D eigenvalue weighted by Gasteiger charge is 2.06. The van der Waals surface area contributed by atoms with Crippen LogP contribution in [0.25, 0.3) is 0 Å². The van der Waals surface area contributed by atoms with Gasteiger partial charge in [0, 0.05) is 36.3 Å². The molecule has 0 aliphatic carbocycles. The first-order chi connectivity index (χ1) is 8.90. The lowest BCUT2D eigenvalue weighted by molar-refractivity contribution is 0.584. The number of hydrogen-bond donors (Lipinski definition) is 1. The summed E-state index contributed by atoms with van der Waals surface area (Å²) >= 11 is 3.68. The van der Waals surface area contributed by atoms with Gasteiger partial charge in [-0.05, 0) is 30.0 Å². The second kappa shape index (κ2) is 7.91. The Kier molecular flexibility index (Phi) is 6.87. The maximum atomic E-state index is 3.68. The van der Waals surface area contributed by atoms with Crippen LogP contribution in [0, 0.1) is 5.92 Å². The topological polar surface area (TPSA) is 15.3 Å². The van der Waals surface area contributed by atoms with Gasteiger partial charge in [-0.2, -0.15) is 0 Å². The minimum Gasteiger partial charge on any atom is -0.375 e. The minimum absolute atomic E-state index is 0.514. The Morgan fingerprint density at radius 3 is 2.42 bits per heavy atom. The van der Waals surface area contributed by atoms with Gasteiger partial charge in [-0.1, -0.05) is 49.7 Å². The third-order valence-electron chi connectivity index (χ3n) is 3.22. The molecule has 0 spiro atoms. The normalized spacial score (nSPS) is 11.4. The lowest BCUT2D eigenvalue weighted by atomic mass is 10.1. The number of nitrogens with one attached hydrogen (secondary N) is 1. The Morgan fingerprint density at radius 1 is 1.21 bits per heavy atom. The smallest absolute Gasteiger partial charge is 0.0375 e. The van der Waals surface area contributed by atoms with Crippen molar-refractivity contribution in [2.24, 2.45) is 5.92 Å². The predicted molar refractivity (Wildman–Crippen MR) is 88.8 cm³/mol. The Morgan fingerprint density at radius 2 is 1.89 bits per heavy atom. The highest BCUT2D eigenvalue weighted by atomic mass is 79.9. The van der Waals surface area contributed by atoms with Crippen molar-refractivity contribution in [3.8, 4) is 0 Å². The fraction of sp³-hybridized carbons (Fsp3) is 0.625. The molecule has 0 aliphatic rings. The Hall–Kier alpha value is -0.540. The van der Waals surface area contributed by atoms with E-state index in [-0.39, 0.29) is 0 Å². The minimum atomic E-state index is 0.514. The van der Waals surface area contributed by atoms with Gasteiger partial charge in [0.15, 0.2) is 0 Å². The monoisotopic (exact) mass is 326 g/mol. The first-order valence-corrected chi connectivity index (χ1v) is 7.92. The van der Waals surface area contributed by atoms with E-state index in [0.717, 1.165) is 19.0 Å².